The van der Waals surface area contributed by atoms with Gasteiger partial charge in [0.15, 0.2) is 11.5 Å². The molecule has 1 N–H and O–H groups in total. The number of nitrogens with one attached hydrogen (secondary N) is 1. The monoisotopic (exact) mass is 482 g/mol. The van der Waals surface area contributed by atoms with E-state index in [0.29, 0.717) is 29.7 Å². The van der Waals surface area contributed by atoms with Gasteiger partial charge in [0.1, 0.15) is 24.8 Å². The average molecular weight is 483 g/mol. The van der Waals surface area contributed by atoms with E-state index in [1.807, 2.05) is 24.3 Å². The normalized spacial score (nSPS) is 13.0. The average Bonchev–Trinajstić information content (AvgIpc) is 3.25. The van der Waals surface area contributed by atoms with Crippen LogP contribution in [-0.4, -0.2) is 32.6 Å². The Kier molecular flexibility index (Phi) is 5.61. The molecule has 3 aromatic carbocycles. The quantitative estimate of drug-likeness (QED) is 0.410. The van der Waals surface area contributed by atoms with Crippen LogP contribution in [0.4, 0.5) is 5.69 Å². The molecule has 1 aromatic heterocycles. The molecule has 0 bridgehead atoms. The molecule has 10 heteroatoms. The number of nitrogens with zero attached hydrogens (tertiary/aromatic N) is 1. The molecule has 0 saturated carbocycles. The number of sulfonamides is 1. The van der Waals surface area contributed by atoms with Crippen molar-refractivity contribution in [2.75, 3.05) is 17.9 Å². The highest BCUT2D eigenvalue weighted by atomic mass is 32.2. The van der Waals surface area contributed by atoms with E-state index in [1.54, 1.807) is 18.2 Å². The molecule has 33 heavy (non-hydrogen) atoms. The first-order chi connectivity index (χ1) is 16.0. The first-order valence-electron chi connectivity index (χ1n) is 10.0. The van der Waals surface area contributed by atoms with Gasteiger partial charge in [0.05, 0.1) is 26.4 Å². The highest BCUT2D eigenvalue weighted by molar-refractivity contribution is 7.92. The van der Waals surface area contributed by atoms with Crippen molar-refractivity contribution in [2.45, 2.75) is 11.5 Å². The van der Waals surface area contributed by atoms with Gasteiger partial charge in [-0.3, -0.25) is 4.72 Å². The van der Waals surface area contributed by atoms with Crippen LogP contribution < -0.4 is 14.2 Å². The van der Waals surface area contributed by atoms with Crippen LogP contribution in [0.25, 0.3) is 10.2 Å². The lowest BCUT2D eigenvalue weighted by molar-refractivity contribution is 0.0474. The number of carbonyl (C=O) groups is 1. The molecule has 0 unspecified atom stereocenters. The van der Waals surface area contributed by atoms with Crippen molar-refractivity contribution in [3.05, 3.63) is 77.3 Å². The van der Waals surface area contributed by atoms with E-state index in [9.17, 15) is 13.2 Å². The van der Waals surface area contributed by atoms with Gasteiger partial charge in [-0.05, 0) is 36.4 Å². The first kappa shape index (κ1) is 21.2. The highest BCUT2D eigenvalue weighted by Gasteiger charge is 2.22. The summed E-state index contributed by atoms with van der Waals surface area (Å²) in [6.45, 7) is 0.735. The van der Waals surface area contributed by atoms with Gasteiger partial charge in [0.25, 0.3) is 10.0 Å². The van der Waals surface area contributed by atoms with Crippen LogP contribution in [0.5, 0.6) is 11.5 Å². The third-order valence-corrected chi connectivity index (χ3v) is 7.25. The number of para-hydroxylation sites is 2. The molecule has 5 rings (SSSR count). The van der Waals surface area contributed by atoms with Crippen molar-refractivity contribution in [1.82, 2.24) is 4.98 Å². The van der Waals surface area contributed by atoms with Crippen molar-refractivity contribution in [2.24, 2.45) is 0 Å². The zero-order chi connectivity index (χ0) is 22.8. The Labute approximate surface area is 193 Å². The molecule has 1 aliphatic heterocycles. The van der Waals surface area contributed by atoms with Crippen LogP contribution in [0.3, 0.4) is 0 Å². The number of anilines is 1. The van der Waals surface area contributed by atoms with E-state index in [-0.39, 0.29) is 22.8 Å². The molecule has 8 nitrogen and oxygen atoms in total. The summed E-state index contributed by atoms with van der Waals surface area (Å²) in [5.74, 6) is 0.182. The number of esters is 1. The summed E-state index contributed by atoms with van der Waals surface area (Å²) in [6, 6.07) is 18.3. The van der Waals surface area contributed by atoms with Crippen LogP contribution in [0.2, 0.25) is 0 Å². The van der Waals surface area contributed by atoms with Crippen molar-refractivity contribution in [1.29, 1.82) is 0 Å². The molecular weight excluding hydrogens is 464 g/mol. The molecule has 4 aromatic rings. The Morgan fingerprint density at radius 1 is 1.00 bits per heavy atom. The van der Waals surface area contributed by atoms with Crippen LogP contribution in [0.1, 0.15) is 15.4 Å². The fraction of sp³-hybridized carbons (Fsp3) is 0.130. The summed E-state index contributed by atoms with van der Waals surface area (Å²) in [5.41, 5.74) is 1.04. The molecule has 168 valence electrons. The number of hydrogen-bond donors (Lipinski definition) is 1. The molecule has 1 aliphatic rings. The number of aromatic nitrogens is 1. The third-order valence-electron chi connectivity index (χ3n) is 4.88. The minimum atomic E-state index is -3.99. The van der Waals surface area contributed by atoms with Gasteiger partial charge in [-0.15, -0.1) is 11.3 Å². The first-order valence-corrected chi connectivity index (χ1v) is 12.3. The van der Waals surface area contributed by atoms with E-state index >= 15 is 0 Å². The molecule has 0 aliphatic carbocycles. The SMILES string of the molecule is O=C(OCc1nc2ccccc2s1)c1ccccc1NS(=O)(=O)c1ccc2c(c1)OCCO2. The number of rotatable bonds is 6. The van der Waals surface area contributed by atoms with Gasteiger partial charge in [-0.2, -0.15) is 0 Å². The number of fused-ring (bicyclic) bond motifs is 2. The Morgan fingerprint density at radius 3 is 2.61 bits per heavy atom. The minimum Gasteiger partial charge on any atom is -0.486 e. The summed E-state index contributed by atoms with van der Waals surface area (Å²) in [7, 11) is -3.99. The van der Waals surface area contributed by atoms with Crippen molar-refractivity contribution in [3.63, 3.8) is 0 Å². The van der Waals surface area contributed by atoms with E-state index in [4.69, 9.17) is 14.2 Å². The van der Waals surface area contributed by atoms with Crippen LogP contribution in [-0.2, 0) is 21.4 Å². The number of benzene rings is 3. The predicted octanol–water partition coefficient (Wildman–Crippen LogP) is 4.23. The summed E-state index contributed by atoms with van der Waals surface area (Å²) in [5, 5.41) is 0.652. The van der Waals surface area contributed by atoms with Gasteiger partial charge in [0.2, 0.25) is 0 Å². The molecule has 2 heterocycles. The Morgan fingerprint density at radius 2 is 1.76 bits per heavy atom. The summed E-state index contributed by atoms with van der Waals surface area (Å²) in [4.78, 5) is 17.2. The third kappa shape index (κ3) is 4.48. The number of ether oxygens (including phenoxy) is 3. The van der Waals surface area contributed by atoms with E-state index in [0.717, 1.165) is 10.2 Å². The second-order valence-corrected chi connectivity index (χ2v) is 9.91. The van der Waals surface area contributed by atoms with Gasteiger partial charge < -0.3 is 14.2 Å². The maximum atomic E-state index is 13.0. The summed E-state index contributed by atoms with van der Waals surface area (Å²) >= 11 is 1.44. The number of carbonyl (C=O) groups excluding carboxylic acids is 1. The van der Waals surface area contributed by atoms with Gasteiger partial charge in [-0.1, -0.05) is 24.3 Å². The lowest BCUT2D eigenvalue weighted by atomic mass is 10.2. The maximum absolute atomic E-state index is 13.0. The molecule has 0 fully saturated rings. The lowest BCUT2D eigenvalue weighted by Gasteiger charge is -2.19. The van der Waals surface area contributed by atoms with Gasteiger partial charge >= 0.3 is 5.97 Å². The van der Waals surface area contributed by atoms with Crippen LogP contribution in [0, 0.1) is 0 Å². The molecule has 0 radical (unpaired) electrons. The molecule has 0 saturated heterocycles. The van der Waals surface area contributed by atoms with Crippen molar-refractivity contribution >= 4 is 43.2 Å². The fourth-order valence-corrected chi connectivity index (χ4v) is 5.31. The van der Waals surface area contributed by atoms with Crippen LogP contribution in [0.15, 0.2) is 71.6 Å². The summed E-state index contributed by atoms with van der Waals surface area (Å²) in [6.07, 6.45) is 0. The minimum absolute atomic E-state index is 0.00982. The number of thiazole rings is 1. The molecule has 0 atom stereocenters. The molecular formula is C23H18N2O6S2. The van der Waals surface area contributed by atoms with E-state index in [2.05, 4.69) is 9.71 Å². The second kappa shape index (κ2) is 8.72. The standard InChI is InChI=1S/C23H18N2O6S2/c26-23(31-14-22-24-18-7-3-4-8-21(18)32-22)16-5-1-2-6-17(16)25-33(27,28)15-9-10-19-20(13-15)30-12-11-29-19/h1-10,13,25H,11-12,14H2. The Balaban J connectivity index is 1.34. The zero-order valence-electron chi connectivity index (χ0n) is 17.2. The topological polar surface area (TPSA) is 104 Å². The van der Waals surface area contributed by atoms with Crippen molar-refractivity contribution < 1.29 is 27.4 Å². The van der Waals surface area contributed by atoms with Gasteiger partial charge in [-0.25, -0.2) is 18.2 Å². The maximum Gasteiger partial charge on any atom is 0.340 e. The Hall–Kier alpha value is -3.63. The smallest absolute Gasteiger partial charge is 0.340 e. The largest absolute Gasteiger partial charge is 0.486 e. The summed E-state index contributed by atoms with van der Waals surface area (Å²) < 4.78 is 45.7. The fourth-order valence-electron chi connectivity index (χ4n) is 3.33. The Bertz CT molecular complexity index is 1420. The molecule has 0 spiro atoms. The predicted molar refractivity (Wildman–Crippen MR) is 123 cm³/mol. The molecule has 0 amide bonds. The lowest BCUT2D eigenvalue weighted by Crippen LogP contribution is -2.18. The highest BCUT2D eigenvalue weighted by Crippen LogP contribution is 2.33. The number of hydrogen-bond acceptors (Lipinski definition) is 8. The second-order valence-electron chi connectivity index (χ2n) is 7.11. The van der Waals surface area contributed by atoms with E-state index < -0.39 is 16.0 Å². The van der Waals surface area contributed by atoms with Gasteiger partial charge in [0, 0.05) is 6.07 Å². The van der Waals surface area contributed by atoms with E-state index in [1.165, 1.54) is 35.6 Å². The van der Waals surface area contributed by atoms with Crippen molar-refractivity contribution in [3.8, 4) is 11.5 Å². The van der Waals surface area contributed by atoms with Crippen LogP contribution >= 0.6 is 11.3 Å². The zero-order valence-corrected chi connectivity index (χ0v) is 18.8.